The first kappa shape index (κ1) is 13.6. The van der Waals surface area contributed by atoms with Gasteiger partial charge in [0, 0.05) is 18.5 Å². The fourth-order valence-corrected chi connectivity index (χ4v) is 2.78. The summed E-state index contributed by atoms with van der Waals surface area (Å²) in [6.45, 7) is 1.66. The van der Waals surface area contributed by atoms with Crippen LogP contribution in [0.25, 0.3) is 0 Å². The largest absolute Gasteiger partial charge is 0.391 e. The van der Waals surface area contributed by atoms with Crippen molar-refractivity contribution in [3.05, 3.63) is 0 Å². The van der Waals surface area contributed by atoms with E-state index in [1.165, 1.54) is 0 Å². The molecule has 1 saturated heterocycles. The molecule has 1 amide bonds. The molecular formula is C12H19F3N2O. The Hall–Kier alpha value is -0.780. The molecule has 104 valence electrons. The quantitative estimate of drug-likeness (QED) is 0.799. The molecule has 0 aromatic carbocycles. The fourth-order valence-electron chi connectivity index (χ4n) is 2.78. The van der Waals surface area contributed by atoms with Crippen LogP contribution in [0, 0.1) is 11.8 Å². The predicted octanol–water partition coefficient (Wildman–Crippen LogP) is 1.83. The molecule has 1 heterocycles. The molecule has 3 nitrogen and oxygen atoms in total. The number of alkyl halides is 3. The Morgan fingerprint density at radius 3 is 2.28 bits per heavy atom. The lowest BCUT2D eigenvalue weighted by atomic mass is 9.81. The van der Waals surface area contributed by atoms with Crippen molar-refractivity contribution >= 4 is 5.91 Å². The van der Waals surface area contributed by atoms with E-state index in [2.05, 4.69) is 10.6 Å². The van der Waals surface area contributed by atoms with Crippen molar-refractivity contribution in [1.29, 1.82) is 0 Å². The highest BCUT2D eigenvalue weighted by Crippen LogP contribution is 2.39. The van der Waals surface area contributed by atoms with Crippen LogP contribution in [0.1, 0.15) is 32.1 Å². The van der Waals surface area contributed by atoms with E-state index in [4.69, 9.17) is 0 Å². The minimum atomic E-state index is -4.10. The van der Waals surface area contributed by atoms with Crippen molar-refractivity contribution in [2.24, 2.45) is 11.8 Å². The van der Waals surface area contributed by atoms with Crippen LogP contribution in [0.2, 0.25) is 0 Å². The van der Waals surface area contributed by atoms with Crippen molar-refractivity contribution in [3.63, 3.8) is 0 Å². The van der Waals surface area contributed by atoms with Gasteiger partial charge >= 0.3 is 6.18 Å². The number of hydrogen-bond donors (Lipinski definition) is 2. The van der Waals surface area contributed by atoms with Gasteiger partial charge in [-0.05, 0) is 38.6 Å². The molecule has 6 heteroatoms. The Morgan fingerprint density at radius 2 is 1.78 bits per heavy atom. The number of carbonyl (C=O) groups is 1. The van der Waals surface area contributed by atoms with Crippen LogP contribution in [0.3, 0.4) is 0 Å². The first-order valence-corrected chi connectivity index (χ1v) is 6.54. The van der Waals surface area contributed by atoms with Crippen LogP contribution >= 0.6 is 0 Å². The second kappa shape index (κ2) is 5.47. The molecule has 1 aliphatic carbocycles. The lowest BCUT2D eigenvalue weighted by Crippen LogP contribution is -2.42. The third-order valence-electron chi connectivity index (χ3n) is 3.97. The van der Waals surface area contributed by atoms with Crippen molar-refractivity contribution in [2.45, 2.75) is 44.3 Å². The average Bonchev–Trinajstić information content (AvgIpc) is 2.81. The molecule has 2 rings (SSSR count). The van der Waals surface area contributed by atoms with Crippen molar-refractivity contribution in [3.8, 4) is 0 Å². The lowest BCUT2D eigenvalue weighted by molar-refractivity contribution is -0.184. The van der Waals surface area contributed by atoms with Crippen LogP contribution in [-0.4, -0.2) is 31.2 Å². The SMILES string of the molecule is O=C(NC1CCNC1)C1CCC(C(F)(F)F)CC1. The number of hydrogen-bond acceptors (Lipinski definition) is 2. The van der Waals surface area contributed by atoms with Gasteiger partial charge in [0.15, 0.2) is 0 Å². The zero-order chi connectivity index (χ0) is 13.2. The molecule has 0 radical (unpaired) electrons. The molecule has 18 heavy (non-hydrogen) atoms. The summed E-state index contributed by atoms with van der Waals surface area (Å²) in [6.07, 6.45) is -2.30. The monoisotopic (exact) mass is 264 g/mol. The van der Waals surface area contributed by atoms with Gasteiger partial charge < -0.3 is 10.6 Å². The summed E-state index contributed by atoms with van der Waals surface area (Å²) in [5, 5.41) is 6.06. The number of nitrogens with one attached hydrogen (secondary N) is 2. The second-order valence-corrected chi connectivity index (χ2v) is 5.29. The lowest BCUT2D eigenvalue weighted by Gasteiger charge is -2.29. The van der Waals surface area contributed by atoms with Crippen LogP contribution in [-0.2, 0) is 4.79 Å². The summed E-state index contributed by atoms with van der Waals surface area (Å²) in [4.78, 5) is 11.9. The molecule has 0 bridgehead atoms. The zero-order valence-corrected chi connectivity index (χ0v) is 10.2. The van der Waals surface area contributed by atoms with E-state index in [1.54, 1.807) is 0 Å². The Kier molecular flexibility index (Phi) is 4.14. The first-order valence-electron chi connectivity index (χ1n) is 6.54. The smallest absolute Gasteiger partial charge is 0.352 e. The van der Waals surface area contributed by atoms with E-state index >= 15 is 0 Å². The number of halogens is 3. The molecule has 2 aliphatic rings. The van der Waals surface area contributed by atoms with E-state index < -0.39 is 12.1 Å². The minimum absolute atomic E-state index is 0.0654. The Balaban J connectivity index is 1.76. The van der Waals surface area contributed by atoms with Crippen molar-refractivity contribution in [2.75, 3.05) is 13.1 Å². The molecule has 1 saturated carbocycles. The van der Waals surface area contributed by atoms with E-state index in [1.807, 2.05) is 0 Å². The van der Waals surface area contributed by atoms with Crippen molar-refractivity contribution in [1.82, 2.24) is 10.6 Å². The highest BCUT2D eigenvalue weighted by Gasteiger charge is 2.42. The van der Waals surface area contributed by atoms with Crippen LogP contribution in [0.5, 0.6) is 0 Å². The van der Waals surface area contributed by atoms with E-state index in [9.17, 15) is 18.0 Å². The highest BCUT2D eigenvalue weighted by atomic mass is 19.4. The Labute approximate surface area is 104 Å². The number of amides is 1. The van der Waals surface area contributed by atoms with Gasteiger partial charge in [0.1, 0.15) is 0 Å². The standard InChI is InChI=1S/C12H19F3N2O/c13-12(14,15)9-3-1-8(2-4-9)11(18)17-10-5-6-16-7-10/h8-10,16H,1-7H2,(H,17,18). The van der Waals surface area contributed by atoms with Gasteiger partial charge in [-0.3, -0.25) is 4.79 Å². The molecule has 1 unspecified atom stereocenters. The van der Waals surface area contributed by atoms with Crippen LogP contribution < -0.4 is 10.6 Å². The van der Waals surface area contributed by atoms with Crippen LogP contribution in [0.4, 0.5) is 13.2 Å². The number of carbonyl (C=O) groups excluding carboxylic acids is 1. The van der Waals surface area contributed by atoms with Gasteiger partial charge in [-0.15, -0.1) is 0 Å². The Morgan fingerprint density at radius 1 is 1.11 bits per heavy atom. The molecule has 1 aliphatic heterocycles. The van der Waals surface area contributed by atoms with Gasteiger partial charge in [0.25, 0.3) is 0 Å². The van der Waals surface area contributed by atoms with E-state index in [0.29, 0.717) is 12.8 Å². The molecular weight excluding hydrogens is 245 g/mol. The highest BCUT2D eigenvalue weighted by molar-refractivity contribution is 5.79. The third-order valence-corrected chi connectivity index (χ3v) is 3.97. The van der Waals surface area contributed by atoms with Crippen molar-refractivity contribution < 1.29 is 18.0 Å². The average molecular weight is 264 g/mol. The molecule has 0 spiro atoms. The minimum Gasteiger partial charge on any atom is -0.352 e. The summed E-state index contributed by atoms with van der Waals surface area (Å²) in [7, 11) is 0. The molecule has 0 aromatic rings. The topological polar surface area (TPSA) is 41.1 Å². The first-order chi connectivity index (χ1) is 8.47. The summed E-state index contributed by atoms with van der Waals surface area (Å²) in [5.74, 6) is -1.51. The van der Waals surface area contributed by atoms with E-state index in [-0.39, 0.29) is 30.7 Å². The van der Waals surface area contributed by atoms with Crippen LogP contribution in [0.15, 0.2) is 0 Å². The van der Waals surface area contributed by atoms with Gasteiger partial charge in [0.05, 0.1) is 5.92 Å². The molecule has 2 N–H and O–H groups in total. The summed E-state index contributed by atoms with van der Waals surface area (Å²) in [5.41, 5.74) is 0. The maximum absolute atomic E-state index is 12.5. The summed E-state index contributed by atoms with van der Waals surface area (Å²) < 4.78 is 37.5. The Bertz CT molecular complexity index is 292. The third kappa shape index (κ3) is 3.37. The molecule has 0 aromatic heterocycles. The number of rotatable bonds is 2. The fraction of sp³-hybridized carbons (Fsp3) is 0.917. The van der Waals surface area contributed by atoms with E-state index in [0.717, 1.165) is 19.5 Å². The van der Waals surface area contributed by atoms with Gasteiger partial charge in [-0.1, -0.05) is 0 Å². The molecule has 1 atom stereocenters. The zero-order valence-electron chi connectivity index (χ0n) is 10.2. The second-order valence-electron chi connectivity index (χ2n) is 5.29. The maximum atomic E-state index is 12.5. The molecule has 2 fully saturated rings. The van der Waals surface area contributed by atoms with Gasteiger partial charge in [-0.2, -0.15) is 13.2 Å². The normalized spacial score (nSPS) is 33.4. The van der Waals surface area contributed by atoms with Gasteiger partial charge in [0.2, 0.25) is 5.91 Å². The predicted molar refractivity (Wildman–Crippen MR) is 60.9 cm³/mol. The summed E-state index contributed by atoms with van der Waals surface area (Å²) >= 11 is 0. The van der Waals surface area contributed by atoms with Gasteiger partial charge in [-0.25, -0.2) is 0 Å². The summed E-state index contributed by atoms with van der Waals surface area (Å²) in [6, 6.07) is 0.151. The maximum Gasteiger partial charge on any atom is 0.391 e.